The van der Waals surface area contributed by atoms with Crippen molar-refractivity contribution in [1.29, 1.82) is 0 Å². The van der Waals surface area contributed by atoms with Crippen LogP contribution in [-0.2, 0) is 14.8 Å². The molecule has 0 aliphatic heterocycles. The van der Waals surface area contributed by atoms with Gasteiger partial charge in [0.1, 0.15) is 0 Å². The molecule has 0 aliphatic carbocycles. The van der Waals surface area contributed by atoms with Crippen molar-refractivity contribution in [2.45, 2.75) is 38.6 Å². The highest BCUT2D eigenvalue weighted by molar-refractivity contribution is 7.89. The Balaban J connectivity index is 1.71. The minimum absolute atomic E-state index is 0.0256. The van der Waals surface area contributed by atoms with E-state index in [1.54, 1.807) is 26.0 Å². The molecule has 0 aromatic heterocycles. The maximum absolute atomic E-state index is 12.8. The summed E-state index contributed by atoms with van der Waals surface area (Å²) in [4.78, 5) is 12.8. The number of amides is 1. The number of fused-ring (bicyclic) bond motifs is 1. The molecule has 32 heavy (non-hydrogen) atoms. The van der Waals surface area contributed by atoms with E-state index in [0.29, 0.717) is 18.8 Å². The maximum atomic E-state index is 12.8. The van der Waals surface area contributed by atoms with E-state index < -0.39 is 10.0 Å². The Morgan fingerprint density at radius 1 is 1.00 bits per heavy atom. The second-order valence-corrected chi connectivity index (χ2v) is 9.72. The van der Waals surface area contributed by atoms with Crippen LogP contribution in [0, 0.1) is 6.92 Å². The van der Waals surface area contributed by atoms with E-state index in [4.69, 9.17) is 0 Å². The highest BCUT2D eigenvalue weighted by Gasteiger charge is 2.22. The Kier molecular flexibility index (Phi) is 7.66. The van der Waals surface area contributed by atoms with E-state index in [0.717, 1.165) is 21.9 Å². The van der Waals surface area contributed by atoms with E-state index in [-0.39, 0.29) is 23.4 Å². The number of hydrogen-bond acceptors (Lipinski definition) is 4. The van der Waals surface area contributed by atoms with Crippen molar-refractivity contribution in [3.63, 3.8) is 0 Å². The fourth-order valence-electron chi connectivity index (χ4n) is 3.79. The average molecular weight is 454 g/mol. The van der Waals surface area contributed by atoms with Gasteiger partial charge in [-0.05, 0) is 47.9 Å². The first-order valence-electron chi connectivity index (χ1n) is 10.9. The fourth-order valence-corrected chi connectivity index (χ4v) is 5.27. The monoisotopic (exact) mass is 453 g/mol. The van der Waals surface area contributed by atoms with Crippen molar-refractivity contribution in [2.24, 2.45) is 0 Å². The number of sulfonamides is 1. The van der Waals surface area contributed by atoms with Gasteiger partial charge in [-0.15, -0.1) is 0 Å². The van der Waals surface area contributed by atoms with Gasteiger partial charge in [0.2, 0.25) is 15.9 Å². The van der Waals surface area contributed by atoms with Crippen LogP contribution < -0.4 is 10.6 Å². The van der Waals surface area contributed by atoms with Crippen molar-refractivity contribution in [3.05, 3.63) is 71.8 Å². The summed E-state index contributed by atoms with van der Waals surface area (Å²) >= 11 is 0. The predicted molar refractivity (Wildman–Crippen MR) is 130 cm³/mol. The molecular weight excluding hydrogens is 422 g/mol. The van der Waals surface area contributed by atoms with Gasteiger partial charge in [-0.1, -0.05) is 62.4 Å². The Morgan fingerprint density at radius 3 is 2.41 bits per heavy atom. The summed E-state index contributed by atoms with van der Waals surface area (Å²) in [5, 5.41) is 8.44. The van der Waals surface area contributed by atoms with Crippen molar-refractivity contribution in [2.75, 3.05) is 25.0 Å². The summed E-state index contributed by atoms with van der Waals surface area (Å²) < 4.78 is 27.0. The molecule has 7 heteroatoms. The van der Waals surface area contributed by atoms with Crippen molar-refractivity contribution in [3.8, 4) is 0 Å². The first kappa shape index (κ1) is 23.9. The summed E-state index contributed by atoms with van der Waals surface area (Å²) in [7, 11) is -3.59. The van der Waals surface area contributed by atoms with Gasteiger partial charge in [-0.3, -0.25) is 4.79 Å². The highest BCUT2D eigenvalue weighted by atomic mass is 32.2. The molecule has 6 nitrogen and oxygen atoms in total. The third-order valence-corrected chi connectivity index (χ3v) is 7.73. The van der Waals surface area contributed by atoms with Gasteiger partial charge in [0, 0.05) is 24.8 Å². The van der Waals surface area contributed by atoms with E-state index in [9.17, 15) is 13.2 Å². The molecule has 1 atom stereocenters. The van der Waals surface area contributed by atoms with Crippen LogP contribution in [0.4, 0.5) is 5.69 Å². The molecule has 0 heterocycles. The molecule has 2 N–H and O–H groups in total. The lowest BCUT2D eigenvalue weighted by molar-refractivity contribution is -0.115. The normalized spacial score (nSPS) is 12.8. The van der Waals surface area contributed by atoms with Gasteiger partial charge in [0.05, 0.1) is 11.4 Å². The van der Waals surface area contributed by atoms with Crippen LogP contribution in [0.5, 0.6) is 0 Å². The second kappa shape index (κ2) is 10.3. The number of carbonyl (C=O) groups is 1. The molecule has 1 amide bonds. The molecule has 3 rings (SSSR count). The predicted octanol–water partition coefficient (Wildman–Crippen LogP) is 4.47. The number of anilines is 1. The number of nitrogens with zero attached hydrogens (tertiary/aromatic N) is 1. The summed E-state index contributed by atoms with van der Waals surface area (Å²) in [6.07, 6.45) is 0. The van der Waals surface area contributed by atoms with Crippen LogP contribution in [0.2, 0.25) is 0 Å². The van der Waals surface area contributed by atoms with Crippen molar-refractivity contribution in [1.82, 2.24) is 9.62 Å². The molecule has 0 saturated heterocycles. The third-order valence-electron chi connectivity index (χ3n) is 5.68. The summed E-state index contributed by atoms with van der Waals surface area (Å²) in [5.74, 6) is -0.224. The molecule has 0 aliphatic rings. The lowest BCUT2D eigenvalue weighted by Crippen LogP contribution is -2.31. The van der Waals surface area contributed by atoms with Gasteiger partial charge in [0.25, 0.3) is 0 Å². The minimum atomic E-state index is -3.59. The molecule has 3 aromatic carbocycles. The van der Waals surface area contributed by atoms with Crippen LogP contribution in [-0.4, -0.2) is 38.3 Å². The number of benzene rings is 3. The molecule has 170 valence electrons. The van der Waals surface area contributed by atoms with E-state index in [2.05, 4.69) is 34.9 Å². The minimum Gasteiger partial charge on any atom is -0.325 e. The summed E-state index contributed by atoms with van der Waals surface area (Å²) in [5.41, 5.74) is 2.43. The zero-order valence-corrected chi connectivity index (χ0v) is 19.9. The fraction of sp³-hybridized carbons (Fsp3) is 0.320. The van der Waals surface area contributed by atoms with Gasteiger partial charge in [-0.2, -0.15) is 4.31 Å². The Hall–Kier alpha value is -2.74. The Morgan fingerprint density at radius 2 is 1.69 bits per heavy atom. The standard InChI is InChI=1S/C25H31N3O3S/c1-5-28(6-2)32(30,31)21-15-14-18(3)24(16-21)27-25(29)17-26-19(4)22-13-9-11-20-10-7-8-12-23(20)22/h7-16,19,26H,5-6,17H2,1-4H3,(H,27,29)/t19-/m1/s1. The summed E-state index contributed by atoms with van der Waals surface area (Å²) in [6.45, 7) is 8.38. The second-order valence-electron chi connectivity index (χ2n) is 7.79. The van der Waals surface area contributed by atoms with Crippen LogP contribution in [0.25, 0.3) is 10.8 Å². The molecule has 0 saturated carbocycles. The topological polar surface area (TPSA) is 78.5 Å². The van der Waals surface area contributed by atoms with E-state index in [1.807, 2.05) is 32.0 Å². The molecular formula is C25H31N3O3S. The van der Waals surface area contributed by atoms with E-state index in [1.165, 1.54) is 10.4 Å². The highest BCUT2D eigenvalue weighted by Crippen LogP contribution is 2.25. The zero-order valence-electron chi connectivity index (χ0n) is 19.1. The number of aryl methyl sites for hydroxylation is 1. The molecule has 3 aromatic rings. The molecule has 0 unspecified atom stereocenters. The molecule has 0 spiro atoms. The lowest BCUT2D eigenvalue weighted by atomic mass is 10.00. The summed E-state index contributed by atoms with van der Waals surface area (Å²) in [6, 6.07) is 19.1. The van der Waals surface area contributed by atoms with Gasteiger partial charge in [0.15, 0.2) is 0 Å². The van der Waals surface area contributed by atoms with E-state index >= 15 is 0 Å². The largest absolute Gasteiger partial charge is 0.325 e. The SMILES string of the molecule is CCN(CC)S(=O)(=O)c1ccc(C)c(NC(=O)CN[C@H](C)c2cccc3ccccc23)c1. The van der Waals surface area contributed by atoms with Crippen LogP contribution in [0.3, 0.4) is 0 Å². The van der Waals surface area contributed by atoms with Crippen LogP contribution in [0.1, 0.15) is 37.9 Å². The molecule has 0 fully saturated rings. The number of rotatable bonds is 9. The smallest absolute Gasteiger partial charge is 0.243 e. The number of hydrogen-bond donors (Lipinski definition) is 2. The number of nitrogens with one attached hydrogen (secondary N) is 2. The zero-order chi connectivity index (χ0) is 23.3. The van der Waals surface area contributed by atoms with Crippen molar-refractivity contribution >= 4 is 32.4 Å². The first-order chi connectivity index (χ1) is 15.3. The van der Waals surface area contributed by atoms with Crippen molar-refractivity contribution < 1.29 is 13.2 Å². The quantitative estimate of drug-likeness (QED) is 0.501. The first-order valence-corrected chi connectivity index (χ1v) is 12.3. The molecule has 0 bridgehead atoms. The van der Waals surface area contributed by atoms with Gasteiger partial charge < -0.3 is 10.6 Å². The average Bonchev–Trinajstić information content (AvgIpc) is 2.79. The maximum Gasteiger partial charge on any atom is 0.243 e. The van der Waals surface area contributed by atoms with Crippen LogP contribution in [0.15, 0.2) is 65.6 Å². The lowest BCUT2D eigenvalue weighted by Gasteiger charge is -2.20. The van der Waals surface area contributed by atoms with Gasteiger partial charge in [-0.25, -0.2) is 8.42 Å². The number of carbonyl (C=O) groups excluding carboxylic acids is 1. The Bertz CT molecular complexity index is 1200. The van der Waals surface area contributed by atoms with Crippen LogP contribution >= 0.6 is 0 Å². The molecule has 0 radical (unpaired) electrons. The third kappa shape index (κ3) is 5.18. The van der Waals surface area contributed by atoms with Gasteiger partial charge >= 0.3 is 0 Å². The Labute approximate surface area is 190 Å².